The highest BCUT2D eigenvalue weighted by Crippen LogP contribution is 2.26. The summed E-state index contributed by atoms with van der Waals surface area (Å²) in [5, 5.41) is 6.69. The Morgan fingerprint density at radius 2 is 2.13 bits per heavy atom. The average molecular weight is 228 g/mol. The van der Waals surface area contributed by atoms with E-state index in [1.807, 2.05) is 11.8 Å². The van der Waals surface area contributed by atoms with Crippen molar-refractivity contribution in [1.82, 2.24) is 10.6 Å². The first kappa shape index (κ1) is 11.3. The highest BCUT2D eigenvalue weighted by molar-refractivity contribution is 8.00. The van der Waals surface area contributed by atoms with E-state index in [9.17, 15) is 4.79 Å². The lowest BCUT2D eigenvalue weighted by atomic mass is 9.98. The topological polar surface area (TPSA) is 41.1 Å². The monoisotopic (exact) mass is 228 g/mol. The molecule has 2 aliphatic rings. The molecule has 2 rings (SSSR count). The van der Waals surface area contributed by atoms with Gasteiger partial charge in [-0.15, -0.1) is 11.8 Å². The fraction of sp³-hybridized carbons (Fsp3) is 0.909. The number of carbonyl (C=O) groups excluding carboxylic acids is 1. The number of amides is 1. The standard InChI is InChI=1S/C11H20N2OS/c14-11(10-2-1-7-15-10)13-8-9-3-5-12-6-4-9/h9-10,12H,1-8H2,(H,13,14). The molecule has 2 N–H and O–H groups in total. The van der Waals surface area contributed by atoms with E-state index >= 15 is 0 Å². The van der Waals surface area contributed by atoms with Gasteiger partial charge in [-0.25, -0.2) is 0 Å². The van der Waals surface area contributed by atoms with Gasteiger partial charge in [0.25, 0.3) is 0 Å². The Morgan fingerprint density at radius 1 is 1.33 bits per heavy atom. The molecule has 86 valence electrons. The van der Waals surface area contributed by atoms with Crippen LogP contribution in [0.4, 0.5) is 0 Å². The molecule has 0 radical (unpaired) electrons. The van der Waals surface area contributed by atoms with Crippen molar-refractivity contribution in [2.75, 3.05) is 25.4 Å². The fourth-order valence-corrected chi connectivity index (χ4v) is 3.41. The van der Waals surface area contributed by atoms with E-state index in [1.54, 1.807) is 0 Å². The van der Waals surface area contributed by atoms with Gasteiger partial charge in [0, 0.05) is 6.54 Å². The molecule has 1 atom stereocenters. The van der Waals surface area contributed by atoms with Crippen molar-refractivity contribution in [3.8, 4) is 0 Å². The van der Waals surface area contributed by atoms with E-state index in [0.29, 0.717) is 5.92 Å². The molecule has 2 saturated heterocycles. The lowest BCUT2D eigenvalue weighted by molar-refractivity contribution is -0.120. The van der Waals surface area contributed by atoms with Crippen LogP contribution in [0, 0.1) is 5.92 Å². The van der Waals surface area contributed by atoms with Crippen molar-refractivity contribution in [2.24, 2.45) is 5.92 Å². The van der Waals surface area contributed by atoms with Crippen molar-refractivity contribution >= 4 is 17.7 Å². The molecule has 0 aromatic heterocycles. The third-order valence-electron chi connectivity index (χ3n) is 3.25. The number of hydrogen-bond acceptors (Lipinski definition) is 3. The molecule has 3 nitrogen and oxygen atoms in total. The van der Waals surface area contributed by atoms with Crippen molar-refractivity contribution < 1.29 is 4.79 Å². The quantitative estimate of drug-likeness (QED) is 0.757. The molecule has 0 aliphatic carbocycles. The molecule has 0 saturated carbocycles. The Hall–Kier alpha value is -0.220. The summed E-state index contributed by atoms with van der Waals surface area (Å²) in [7, 11) is 0. The van der Waals surface area contributed by atoms with Crippen LogP contribution in [-0.2, 0) is 4.79 Å². The van der Waals surface area contributed by atoms with Crippen LogP contribution in [0.5, 0.6) is 0 Å². The Morgan fingerprint density at radius 3 is 2.80 bits per heavy atom. The van der Waals surface area contributed by atoms with Crippen LogP contribution >= 0.6 is 11.8 Å². The summed E-state index contributed by atoms with van der Waals surface area (Å²) in [5.41, 5.74) is 0. The number of carbonyl (C=O) groups is 1. The molecule has 0 spiro atoms. The lowest BCUT2D eigenvalue weighted by Crippen LogP contribution is -2.38. The molecular weight excluding hydrogens is 208 g/mol. The van der Waals surface area contributed by atoms with Crippen molar-refractivity contribution in [3.63, 3.8) is 0 Å². The highest BCUT2D eigenvalue weighted by atomic mass is 32.2. The molecule has 1 amide bonds. The Labute approximate surface area is 95.8 Å². The minimum absolute atomic E-state index is 0.242. The maximum Gasteiger partial charge on any atom is 0.233 e. The summed E-state index contributed by atoms with van der Waals surface area (Å²) < 4.78 is 0. The van der Waals surface area contributed by atoms with Gasteiger partial charge in [0.15, 0.2) is 0 Å². The smallest absolute Gasteiger partial charge is 0.233 e. The van der Waals surface area contributed by atoms with Crippen molar-refractivity contribution in [3.05, 3.63) is 0 Å². The van der Waals surface area contributed by atoms with Gasteiger partial charge in [-0.05, 0) is 50.4 Å². The Kier molecular flexibility index (Phi) is 4.32. The van der Waals surface area contributed by atoms with Crippen LogP contribution < -0.4 is 10.6 Å². The summed E-state index contributed by atoms with van der Waals surface area (Å²) >= 11 is 1.81. The van der Waals surface area contributed by atoms with Crippen LogP contribution in [0.25, 0.3) is 0 Å². The number of thioether (sulfide) groups is 1. The summed E-state index contributed by atoms with van der Waals surface area (Å²) in [6.07, 6.45) is 4.69. The molecule has 2 aliphatic heterocycles. The molecule has 2 heterocycles. The van der Waals surface area contributed by atoms with E-state index in [0.717, 1.165) is 31.8 Å². The number of hydrogen-bond donors (Lipinski definition) is 2. The maximum absolute atomic E-state index is 11.7. The summed E-state index contributed by atoms with van der Waals surface area (Å²) in [6, 6.07) is 0. The zero-order valence-corrected chi connectivity index (χ0v) is 9.94. The second kappa shape index (κ2) is 5.75. The Balaban J connectivity index is 1.65. The average Bonchev–Trinajstić information content (AvgIpc) is 2.81. The zero-order valence-electron chi connectivity index (χ0n) is 9.13. The van der Waals surface area contributed by atoms with E-state index < -0.39 is 0 Å². The SMILES string of the molecule is O=C(NCC1CCNCC1)C1CCCS1. The lowest BCUT2D eigenvalue weighted by Gasteiger charge is -2.23. The fourth-order valence-electron chi connectivity index (χ4n) is 2.23. The summed E-state index contributed by atoms with van der Waals surface area (Å²) in [5.74, 6) is 2.13. The van der Waals surface area contributed by atoms with Crippen LogP contribution in [0.3, 0.4) is 0 Å². The van der Waals surface area contributed by atoms with Crippen LogP contribution in [0.1, 0.15) is 25.7 Å². The minimum Gasteiger partial charge on any atom is -0.355 e. The molecule has 1 unspecified atom stereocenters. The van der Waals surface area contributed by atoms with E-state index in [1.165, 1.54) is 19.3 Å². The highest BCUT2D eigenvalue weighted by Gasteiger charge is 2.23. The van der Waals surface area contributed by atoms with Crippen LogP contribution in [0.2, 0.25) is 0 Å². The molecule has 15 heavy (non-hydrogen) atoms. The second-order valence-corrected chi connectivity index (χ2v) is 5.75. The van der Waals surface area contributed by atoms with Gasteiger partial charge in [-0.3, -0.25) is 4.79 Å². The number of nitrogens with one attached hydrogen (secondary N) is 2. The van der Waals surface area contributed by atoms with Gasteiger partial charge in [0.2, 0.25) is 5.91 Å². The largest absolute Gasteiger partial charge is 0.355 e. The van der Waals surface area contributed by atoms with Gasteiger partial charge in [0.1, 0.15) is 0 Å². The van der Waals surface area contributed by atoms with Crippen molar-refractivity contribution in [2.45, 2.75) is 30.9 Å². The minimum atomic E-state index is 0.242. The van der Waals surface area contributed by atoms with Gasteiger partial charge in [-0.2, -0.15) is 0 Å². The second-order valence-electron chi connectivity index (χ2n) is 4.44. The van der Waals surface area contributed by atoms with E-state index in [4.69, 9.17) is 0 Å². The number of piperidine rings is 1. The summed E-state index contributed by atoms with van der Waals surface area (Å²) in [4.78, 5) is 11.7. The van der Waals surface area contributed by atoms with Gasteiger partial charge < -0.3 is 10.6 Å². The molecule has 0 bridgehead atoms. The van der Waals surface area contributed by atoms with E-state index in [2.05, 4.69) is 10.6 Å². The molecule has 2 fully saturated rings. The van der Waals surface area contributed by atoms with Gasteiger partial charge in [-0.1, -0.05) is 0 Å². The molecule has 4 heteroatoms. The Bertz CT molecular complexity index is 211. The predicted molar refractivity (Wildman–Crippen MR) is 64.1 cm³/mol. The third-order valence-corrected chi connectivity index (χ3v) is 4.62. The first-order valence-electron chi connectivity index (χ1n) is 5.96. The predicted octanol–water partition coefficient (Wildman–Crippen LogP) is 0.998. The first-order valence-corrected chi connectivity index (χ1v) is 7.01. The first-order chi connectivity index (χ1) is 7.36. The van der Waals surface area contributed by atoms with Crippen molar-refractivity contribution in [1.29, 1.82) is 0 Å². The normalized spacial score (nSPS) is 27.9. The van der Waals surface area contributed by atoms with Gasteiger partial charge in [0.05, 0.1) is 5.25 Å². The molecule has 0 aromatic rings. The van der Waals surface area contributed by atoms with Crippen LogP contribution in [0.15, 0.2) is 0 Å². The van der Waals surface area contributed by atoms with E-state index in [-0.39, 0.29) is 11.2 Å². The third kappa shape index (κ3) is 3.38. The number of rotatable bonds is 3. The maximum atomic E-state index is 11.7. The molecular formula is C11H20N2OS. The van der Waals surface area contributed by atoms with Crippen LogP contribution in [-0.4, -0.2) is 36.5 Å². The molecule has 0 aromatic carbocycles. The zero-order chi connectivity index (χ0) is 10.5. The summed E-state index contributed by atoms with van der Waals surface area (Å²) in [6.45, 7) is 3.11. The van der Waals surface area contributed by atoms with Gasteiger partial charge >= 0.3 is 0 Å².